The van der Waals surface area contributed by atoms with Gasteiger partial charge in [0.1, 0.15) is 34.3 Å². The molecule has 70 heavy (non-hydrogen) atoms. The molecular formula is C58H61BrF3N5O3. The zero-order valence-electron chi connectivity index (χ0n) is 40.6. The first kappa shape index (κ1) is 52.2. The number of nitrogens with zero attached hydrogens (tertiary/aromatic N) is 4. The molecule has 3 heterocycles. The van der Waals surface area contributed by atoms with E-state index in [2.05, 4.69) is 87.1 Å². The van der Waals surface area contributed by atoms with Crippen LogP contribution in [0.15, 0.2) is 132 Å². The summed E-state index contributed by atoms with van der Waals surface area (Å²) in [6.45, 7) is 18.8. The van der Waals surface area contributed by atoms with Crippen molar-refractivity contribution in [2.75, 3.05) is 54.9 Å². The predicted molar refractivity (Wildman–Crippen MR) is 274 cm³/mol. The van der Waals surface area contributed by atoms with E-state index in [1.54, 1.807) is 12.1 Å². The minimum absolute atomic E-state index is 0.216. The van der Waals surface area contributed by atoms with E-state index < -0.39 is 16.8 Å². The summed E-state index contributed by atoms with van der Waals surface area (Å²) in [5.41, 5.74) is 9.32. The van der Waals surface area contributed by atoms with E-state index in [4.69, 9.17) is 27.4 Å². The summed E-state index contributed by atoms with van der Waals surface area (Å²) in [5.74, 6) is -0.712. The highest BCUT2D eigenvalue weighted by Crippen LogP contribution is 2.49. The molecule has 1 N–H and O–H groups in total. The van der Waals surface area contributed by atoms with Crippen LogP contribution < -0.4 is 5.32 Å². The van der Waals surface area contributed by atoms with Crippen LogP contribution in [0.5, 0.6) is 0 Å². The van der Waals surface area contributed by atoms with Crippen molar-refractivity contribution < 1.29 is 27.4 Å². The average Bonchev–Trinajstić information content (AvgIpc) is 4.04. The fraction of sp³-hybridized carbons (Fsp3) is 0.345. The highest BCUT2D eigenvalue weighted by Gasteiger charge is 2.43. The van der Waals surface area contributed by atoms with E-state index in [0.717, 1.165) is 102 Å². The number of fused-ring (bicyclic) bond motifs is 3. The topological polar surface area (TPSA) is 54.9 Å². The molecule has 0 saturated heterocycles. The first-order chi connectivity index (χ1) is 33.7. The molecule has 6 aromatic carbocycles. The second kappa shape index (κ2) is 23.5. The highest BCUT2D eigenvalue weighted by molar-refractivity contribution is 9.10. The average molecular weight is 1010 g/mol. The van der Waals surface area contributed by atoms with Crippen molar-refractivity contribution in [3.8, 4) is 0 Å². The molecule has 0 aliphatic carbocycles. The SMILES string of the molecule is CN(C)CCCC1(c2ccc(F)cc2)OCc2cc(Br)ccc21.[C-]#[N+]c1ccc2c(c1)COC2(CCCN(C)C)c1ccc(F)cc1.[C-]#[N+]c1ccc2c(c1)COC2(CCCNC)c1ccc(F)cc1. The van der Waals surface area contributed by atoms with Crippen LogP contribution >= 0.6 is 15.9 Å². The van der Waals surface area contributed by atoms with Crippen molar-refractivity contribution in [2.24, 2.45) is 0 Å². The molecule has 12 heteroatoms. The Morgan fingerprint density at radius 3 is 1.20 bits per heavy atom. The van der Waals surface area contributed by atoms with Crippen LogP contribution in [-0.4, -0.2) is 64.7 Å². The van der Waals surface area contributed by atoms with Gasteiger partial charge < -0.3 is 29.3 Å². The normalized spacial score (nSPS) is 19.6. The van der Waals surface area contributed by atoms with Gasteiger partial charge in [-0.15, -0.1) is 0 Å². The molecule has 3 atom stereocenters. The van der Waals surface area contributed by atoms with Gasteiger partial charge in [0.25, 0.3) is 0 Å². The molecule has 3 aliphatic rings. The number of hydrogen-bond donors (Lipinski definition) is 1. The van der Waals surface area contributed by atoms with Crippen LogP contribution in [0, 0.1) is 30.6 Å². The Labute approximate surface area is 420 Å². The molecule has 0 fully saturated rings. The fourth-order valence-corrected chi connectivity index (χ4v) is 10.4. The second-order valence-electron chi connectivity index (χ2n) is 18.6. The Morgan fingerprint density at radius 1 is 0.514 bits per heavy atom. The molecule has 364 valence electrons. The number of rotatable bonds is 15. The van der Waals surface area contributed by atoms with Gasteiger partial charge in [-0.05, 0) is 192 Å². The maximum atomic E-state index is 13.4. The van der Waals surface area contributed by atoms with Crippen LogP contribution in [-0.2, 0) is 50.8 Å². The van der Waals surface area contributed by atoms with Crippen LogP contribution in [0.2, 0.25) is 0 Å². The van der Waals surface area contributed by atoms with E-state index in [1.807, 2.05) is 67.7 Å². The number of hydrogen-bond acceptors (Lipinski definition) is 6. The standard InChI is InChI=1S/C20H21FN2O.C19H21BrFNO.C19H19FN2O/c1-22-18-9-10-19-15(13-18)14-24-20(19,11-4-12-23(2)3)16-5-7-17(21)8-6-16;1-22(2)11-3-10-19(15-4-7-17(21)8-5-15)18-9-6-16(20)12-14(18)13-23-19;1-21-11-3-10-19(15-4-6-16(20)7-5-15)18-9-8-17(22-2)12-14(18)13-23-19/h5-10,13H,4,11-12,14H2,2-3H3;4-9,12H,3,10-11,13H2,1-2H3;4-9,12,21H,3,10-11,13H2,1H3. The van der Waals surface area contributed by atoms with Gasteiger partial charge in [-0.2, -0.15) is 0 Å². The Hall–Kier alpha value is -5.67. The van der Waals surface area contributed by atoms with E-state index in [0.29, 0.717) is 31.2 Å². The van der Waals surface area contributed by atoms with Crippen molar-refractivity contribution in [1.82, 2.24) is 15.1 Å². The fourth-order valence-electron chi connectivity index (χ4n) is 9.97. The van der Waals surface area contributed by atoms with Crippen LogP contribution in [0.3, 0.4) is 0 Å². The summed E-state index contributed by atoms with van der Waals surface area (Å²) in [6.07, 6.45) is 5.43. The molecule has 0 spiro atoms. The van der Waals surface area contributed by atoms with E-state index in [9.17, 15) is 13.2 Å². The molecule has 0 saturated carbocycles. The lowest BCUT2D eigenvalue weighted by Gasteiger charge is -2.31. The summed E-state index contributed by atoms with van der Waals surface area (Å²) in [7, 11) is 10.2. The molecular weight excluding hydrogens is 952 g/mol. The minimum atomic E-state index is -0.556. The Balaban J connectivity index is 0.000000155. The smallest absolute Gasteiger partial charge is 0.187 e. The van der Waals surface area contributed by atoms with Crippen LogP contribution in [0.4, 0.5) is 24.5 Å². The van der Waals surface area contributed by atoms with Crippen LogP contribution in [0.25, 0.3) is 9.69 Å². The summed E-state index contributed by atoms with van der Waals surface area (Å²) in [6, 6.07) is 37.6. The third-order valence-electron chi connectivity index (χ3n) is 13.4. The maximum absolute atomic E-state index is 13.4. The van der Waals surface area contributed by atoms with E-state index in [1.165, 1.54) is 47.5 Å². The first-order valence-electron chi connectivity index (χ1n) is 23.7. The molecule has 3 aliphatic heterocycles. The number of benzene rings is 6. The van der Waals surface area contributed by atoms with Gasteiger partial charge in [-0.1, -0.05) is 94.8 Å². The summed E-state index contributed by atoms with van der Waals surface area (Å²) < 4.78 is 59.9. The monoisotopic (exact) mass is 1010 g/mol. The van der Waals surface area contributed by atoms with Crippen molar-refractivity contribution in [3.05, 3.63) is 222 Å². The van der Waals surface area contributed by atoms with Gasteiger partial charge in [0, 0.05) is 4.47 Å². The van der Waals surface area contributed by atoms with Gasteiger partial charge in [-0.3, -0.25) is 0 Å². The molecule has 0 amide bonds. The van der Waals surface area contributed by atoms with Crippen molar-refractivity contribution in [3.63, 3.8) is 0 Å². The lowest BCUT2D eigenvalue weighted by Crippen LogP contribution is -2.28. The lowest BCUT2D eigenvalue weighted by atomic mass is 9.82. The molecule has 6 aromatic rings. The molecule has 0 aromatic heterocycles. The minimum Gasteiger partial charge on any atom is -0.361 e. The zero-order valence-corrected chi connectivity index (χ0v) is 42.2. The Bertz CT molecular complexity index is 2800. The first-order valence-corrected chi connectivity index (χ1v) is 24.5. The summed E-state index contributed by atoms with van der Waals surface area (Å²) in [4.78, 5) is 11.3. The van der Waals surface area contributed by atoms with E-state index in [-0.39, 0.29) is 17.5 Å². The van der Waals surface area contributed by atoms with Crippen molar-refractivity contribution >= 4 is 27.3 Å². The second-order valence-corrected chi connectivity index (χ2v) is 19.5. The highest BCUT2D eigenvalue weighted by atomic mass is 79.9. The third-order valence-corrected chi connectivity index (χ3v) is 13.9. The van der Waals surface area contributed by atoms with Crippen molar-refractivity contribution in [1.29, 1.82) is 0 Å². The molecule has 3 unspecified atom stereocenters. The third kappa shape index (κ3) is 11.7. The largest absolute Gasteiger partial charge is 0.361 e. The molecule has 8 nitrogen and oxygen atoms in total. The number of nitrogens with one attached hydrogen (secondary N) is 1. The van der Waals surface area contributed by atoms with Gasteiger partial charge in [0.2, 0.25) is 0 Å². The molecule has 0 bridgehead atoms. The van der Waals surface area contributed by atoms with Gasteiger partial charge in [-0.25, -0.2) is 22.9 Å². The Kier molecular flexibility index (Phi) is 17.5. The van der Waals surface area contributed by atoms with Crippen LogP contribution in [0.1, 0.15) is 88.6 Å². The molecule has 9 rings (SSSR count). The van der Waals surface area contributed by atoms with Gasteiger partial charge >= 0.3 is 0 Å². The maximum Gasteiger partial charge on any atom is 0.187 e. The Morgan fingerprint density at radius 2 is 0.857 bits per heavy atom. The van der Waals surface area contributed by atoms with Crippen molar-refractivity contribution in [2.45, 2.75) is 75.1 Å². The lowest BCUT2D eigenvalue weighted by molar-refractivity contribution is -0.0141. The van der Waals surface area contributed by atoms with E-state index >= 15 is 0 Å². The number of ether oxygens (including phenoxy) is 3. The summed E-state index contributed by atoms with van der Waals surface area (Å²) >= 11 is 3.53. The summed E-state index contributed by atoms with van der Waals surface area (Å²) in [5, 5.41) is 3.16. The molecule has 0 radical (unpaired) electrons. The quantitative estimate of drug-likeness (QED) is 0.0817. The zero-order chi connectivity index (χ0) is 49.9. The predicted octanol–water partition coefficient (Wildman–Crippen LogP) is 13.3. The van der Waals surface area contributed by atoms with Gasteiger partial charge in [0.15, 0.2) is 11.4 Å². The van der Waals surface area contributed by atoms with Gasteiger partial charge in [0.05, 0.1) is 33.0 Å². The number of halogens is 4.